The number of rotatable bonds is 2. The van der Waals surface area contributed by atoms with E-state index >= 15 is 0 Å². The van der Waals surface area contributed by atoms with Crippen molar-refractivity contribution in [2.45, 2.75) is 6.54 Å². The second-order valence-corrected chi connectivity index (χ2v) is 4.73. The smallest absolute Gasteiger partial charge is 0.406 e. The molecule has 0 aliphatic rings. The number of nitrogens with zero attached hydrogens (tertiary/aromatic N) is 2. The van der Waals surface area contributed by atoms with Crippen molar-refractivity contribution in [2.24, 2.45) is 0 Å². The third-order valence-corrected chi connectivity index (χ3v) is 3.48. The number of halogens is 1. The van der Waals surface area contributed by atoms with Crippen molar-refractivity contribution in [1.29, 1.82) is 0 Å². The molecule has 3 aromatic rings. The van der Waals surface area contributed by atoms with Crippen LogP contribution < -0.4 is 5.76 Å². The first-order chi connectivity index (χ1) is 8.75. The van der Waals surface area contributed by atoms with Crippen molar-refractivity contribution in [3.05, 3.63) is 63.2 Å². The van der Waals surface area contributed by atoms with Crippen LogP contribution >= 0.6 is 15.9 Å². The normalized spacial score (nSPS) is 10.9. The van der Waals surface area contributed by atoms with Gasteiger partial charge in [-0.1, -0.05) is 34.1 Å². The van der Waals surface area contributed by atoms with E-state index < -0.39 is 0 Å². The van der Waals surface area contributed by atoms with Gasteiger partial charge in [0, 0.05) is 10.7 Å². The average molecular weight is 305 g/mol. The Kier molecular flexibility index (Phi) is 2.76. The first kappa shape index (κ1) is 11.2. The quantitative estimate of drug-likeness (QED) is 0.731. The van der Waals surface area contributed by atoms with Crippen LogP contribution in [0.3, 0.4) is 0 Å². The summed E-state index contributed by atoms with van der Waals surface area (Å²) >= 11 is 3.46. The molecule has 0 N–H and O–H groups in total. The second-order valence-electron chi connectivity index (χ2n) is 3.87. The summed E-state index contributed by atoms with van der Waals surface area (Å²) in [6, 6.07) is 11.2. The summed E-state index contributed by atoms with van der Waals surface area (Å²) in [7, 11) is 0. The van der Waals surface area contributed by atoms with E-state index in [4.69, 9.17) is 4.42 Å². The molecule has 3 rings (SSSR count). The van der Waals surface area contributed by atoms with E-state index in [2.05, 4.69) is 20.9 Å². The van der Waals surface area contributed by atoms with Gasteiger partial charge in [0.05, 0.1) is 6.54 Å². The van der Waals surface area contributed by atoms with E-state index in [1.54, 1.807) is 18.3 Å². The van der Waals surface area contributed by atoms with Crippen LogP contribution in [0.5, 0.6) is 0 Å². The van der Waals surface area contributed by atoms with Gasteiger partial charge in [0.1, 0.15) is 0 Å². The molecule has 0 aliphatic heterocycles. The van der Waals surface area contributed by atoms with Crippen molar-refractivity contribution >= 4 is 27.2 Å². The molecule has 0 saturated heterocycles. The van der Waals surface area contributed by atoms with Crippen LogP contribution in [0.4, 0.5) is 0 Å². The lowest BCUT2D eigenvalue weighted by atomic mass is 10.2. The largest absolute Gasteiger partial charge is 0.421 e. The number of aromatic nitrogens is 2. The van der Waals surface area contributed by atoms with Gasteiger partial charge in [-0.2, -0.15) is 0 Å². The molecule has 4 nitrogen and oxygen atoms in total. The molecule has 0 radical (unpaired) electrons. The number of hydrogen-bond acceptors (Lipinski definition) is 3. The molecule has 2 aromatic heterocycles. The van der Waals surface area contributed by atoms with Crippen molar-refractivity contribution in [1.82, 2.24) is 9.55 Å². The third-order valence-electron chi connectivity index (χ3n) is 2.71. The molecule has 90 valence electrons. The maximum atomic E-state index is 11.8. The highest BCUT2D eigenvalue weighted by atomic mass is 79.9. The Morgan fingerprint density at radius 2 is 2.06 bits per heavy atom. The lowest BCUT2D eigenvalue weighted by Crippen LogP contribution is -2.15. The fourth-order valence-corrected chi connectivity index (χ4v) is 2.25. The fraction of sp³-hybridized carbons (Fsp3) is 0.0769. The van der Waals surface area contributed by atoms with Gasteiger partial charge in [-0.15, -0.1) is 0 Å². The highest BCUT2D eigenvalue weighted by Crippen LogP contribution is 2.18. The van der Waals surface area contributed by atoms with Gasteiger partial charge in [0.25, 0.3) is 0 Å². The monoisotopic (exact) mass is 304 g/mol. The molecule has 5 heteroatoms. The summed E-state index contributed by atoms with van der Waals surface area (Å²) in [6.07, 6.45) is 1.65. The minimum Gasteiger partial charge on any atom is -0.406 e. The Morgan fingerprint density at radius 1 is 1.22 bits per heavy atom. The predicted molar refractivity (Wildman–Crippen MR) is 71.5 cm³/mol. The summed E-state index contributed by atoms with van der Waals surface area (Å²) < 4.78 is 7.62. The lowest BCUT2D eigenvalue weighted by molar-refractivity contribution is 0.517. The Labute approximate surface area is 111 Å². The molecule has 0 aliphatic carbocycles. The second kappa shape index (κ2) is 4.42. The summed E-state index contributed by atoms with van der Waals surface area (Å²) in [5.41, 5.74) is 2.08. The van der Waals surface area contributed by atoms with Gasteiger partial charge >= 0.3 is 5.76 Å². The van der Waals surface area contributed by atoms with Crippen molar-refractivity contribution < 1.29 is 4.42 Å². The van der Waals surface area contributed by atoms with Gasteiger partial charge < -0.3 is 4.42 Å². The zero-order valence-electron chi connectivity index (χ0n) is 9.34. The maximum absolute atomic E-state index is 11.8. The van der Waals surface area contributed by atoms with Gasteiger partial charge in [0.15, 0.2) is 11.2 Å². The fourth-order valence-electron chi connectivity index (χ4n) is 1.84. The van der Waals surface area contributed by atoms with E-state index in [0.717, 1.165) is 10.0 Å². The molecular weight excluding hydrogens is 296 g/mol. The van der Waals surface area contributed by atoms with Crippen molar-refractivity contribution in [3.8, 4) is 0 Å². The first-order valence-corrected chi connectivity index (χ1v) is 6.23. The molecule has 2 heterocycles. The van der Waals surface area contributed by atoms with Crippen LogP contribution in [0.15, 0.2) is 56.3 Å². The van der Waals surface area contributed by atoms with Crippen LogP contribution in [-0.4, -0.2) is 9.55 Å². The molecular formula is C13H9BrN2O2. The Morgan fingerprint density at radius 3 is 2.89 bits per heavy atom. The minimum atomic E-state index is -0.389. The standard InChI is InChI=1S/C13H9BrN2O2/c14-10-5-2-1-4-9(10)8-16-12-11(18-13(16)17)6-3-7-15-12/h1-7H,8H2. The lowest BCUT2D eigenvalue weighted by Gasteiger charge is -2.04. The average Bonchev–Trinajstić information content (AvgIpc) is 2.69. The van der Waals surface area contributed by atoms with E-state index in [0.29, 0.717) is 17.8 Å². The summed E-state index contributed by atoms with van der Waals surface area (Å²) in [5, 5.41) is 0. The van der Waals surface area contributed by atoms with Gasteiger partial charge in [0.2, 0.25) is 0 Å². The maximum Gasteiger partial charge on any atom is 0.421 e. The molecule has 0 spiro atoms. The van der Waals surface area contributed by atoms with Crippen LogP contribution in [0.2, 0.25) is 0 Å². The Balaban J connectivity index is 2.13. The number of pyridine rings is 1. The van der Waals surface area contributed by atoms with E-state index in [9.17, 15) is 4.79 Å². The third kappa shape index (κ3) is 1.86. The van der Waals surface area contributed by atoms with Crippen molar-refractivity contribution in [2.75, 3.05) is 0 Å². The zero-order valence-corrected chi connectivity index (χ0v) is 10.9. The van der Waals surface area contributed by atoms with Gasteiger partial charge in [-0.05, 0) is 23.8 Å². The first-order valence-electron chi connectivity index (χ1n) is 5.43. The number of fused-ring (bicyclic) bond motifs is 1. The molecule has 0 atom stereocenters. The molecule has 0 saturated carbocycles. The predicted octanol–water partition coefficient (Wildman–Crippen LogP) is 2.80. The van der Waals surface area contributed by atoms with Crippen LogP contribution in [-0.2, 0) is 6.54 Å². The highest BCUT2D eigenvalue weighted by Gasteiger charge is 2.11. The van der Waals surface area contributed by atoms with Gasteiger partial charge in [-0.3, -0.25) is 4.57 Å². The van der Waals surface area contributed by atoms with E-state index in [1.165, 1.54) is 4.57 Å². The molecule has 0 unspecified atom stereocenters. The van der Waals surface area contributed by atoms with Crippen LogP contribution in [0, 0.1) is 0 Å². The minimum absolute atomic E-state index is 0.389. The number of benzene rings is 1. The van der Waals surface area contributed by atoms with Gasteiger partial charge in [-0.25, -0.2) is 9.78 Å². The van der Waals surface area contributed by atoms with Crippen LogP contribution in [0.1, 0.15) is 5.56 Å². The number of oxazole rings is 1. The summed E-state index contributed by atoms with van der Waals surface area (Å²) in [4.78, 5) is 16.0. The van der Waals surface area contributed by atoms with Crippen molar-refractivity contribution in [3.63, 3.8) is 0 Å². The topological polar surface area (TPSA) is 48.0 Å². The number of hydrogen-bond donors (Lipinski definition) is 0. The molecule has 1 aromatic carbocycles. The SMILES string of the molecule is O=c1oc2cccnc2n1Cc1ccccc1Br. The molecule has 18 heavy (non-hydrogen) atoms. The summed E-state index contributed by atoms with van der Waals surface area (Å²) in [6.45, 7) is 0.435. The van der Waals surface area contributed by atoms with Crippen LogP contribution in [0.25, 0.3) is 11.2 Å². The van der Waals surface area contributed by atoms with E-state index in [1.807, 2.05) is 24.3 Å². The Bertz CT molecular complexity index is 761. The Hall–Kier alpha value is -1.88. The molecule has 0 bridgehead atoms. The zero-order chi connectivity index (χ0) is 12.5. The van der Waals surface area contributed by atoms with E-state index in [-0.39, 0.29) is 5.76 Å². The summed E-state index contributed by atoms with van der Waals surface area (Å²) in [5.74, 6) is -0.389. The molecule has 0 amide bonds. The highest BCUT2D eigenvalue weighted by molar-refractivity contribution is 9.10. The molecule has 0 fully saturated rings.